The molecule has 0 atom stereocenters. The average molecular weight is 275 g/mol. The van der Waals surface area contributed by atoms with Crippen LogP contribution in [-0.2, 0) is 11.3 Å². The molecule has 1 amide bonds. The number of carbonyl (C=O) groups is 1. The number of hydrogen-bond donors (Lipinski definition) is 2. The maximum Gasteiger partial charge on any atom is 0.259 e. The molecule has 104 valence electrons. The summed E-state index contributed by atoms with van der Waals surface area (Å²) in [5, 5.41) is 12.2. The number of phenols is 1. The highest BCUT2D eigenvalue weighted by Gasteiger charge is 2.12. The van der Waals surface area contributed by atoms with Gasteiger partial charge in [-0.15, -0.1) is 0 Å². The third kappa shape index (κ3) is 3.33. The normalized spacial score (nSPS) is 10.3. The van der Waals surface area contributed by atoms with Crippen molar-refractivity contribution in [3.63, 3.8) is 0 Å². The highest BCUT2D eigenvalue weighted by atomic mass is 19.1. The van der Waals surface area contributed by atoms with E-state index in [1.807, 2.05) is 6.07 Å². The van der Waals surface area contributed by atoms with Crippen molar-refractivity contribution in [2.45, 2.75) is 6.61 Å². The molecule has 0 saturated carbocycles. The lowest BCUT2D eigenvalue weighted by atomic mass is 10.1. The first-order valence-corrected chi connectivity index (χ1v) is 5.98. The first-order chi connectivity index (χ1) is 9.60. The molecule has 0 aliphatic heterocycles. The fourth-order valence-corrected chi connectivity index (χ4v) is 1.80. The maximum atomic E-state index is 12.9. The number of methoxy groups -OCH3 is 1. The number of halogens is 1. The Labute approximate surface area is 115 Å². The molecule has 0 saturated heterocycles. The van der Waals surface area contributed by atoms with Gasteiger partial charge in [0.05, 0.1) is 12.2 Å². The topological polar surface area (TPSA) is 58.6 Å². The third-order valence-corrected chi connectivity index (χ3v) is 2.70. The molecular formula is C15H14FNO3. The second-order valence-electron chi connectivity index (χ2n) is 4.25. The van der Waals surface area contributed by atoms with Crippen molar-refractivity contribution in [3.8, 4) is 5.75 Å². The molecule has 5 heteroatoms. The van der Waals surface area contributed by atoms with E-state index in [9.17, 15) is 14.3 Å². The van der Waals surface area contributed by atoms with Gasteiger partial charge >= 0.3 is 0 Å². The second-order valence-corrected chi connectivity index (χ2v) is 4.25. The monoisotopic (exact) mass is 275 g/mol. The predicted molar refractivity (Wildman–Crippen MR) is 73.2 cm³/mol. The van der Waals surface area contributed by atoms with Crippen molar-refractivity contribution in [1.82, 2.24) is 0 Å². The van der Waals surface area contributed by atoms with E-state index >= 15 is 0 Å². The van der Waals surface area contributed by atoms with Gasteiger partial charge in [0.1, 0.15) is 11.6 Å². The summed E-state index contributed by atoms with van der Waals surface area (Å²) >= 11 is 0. The predicted octanol–water partition coefficient (Wildman–Crippen LogP) is 2.93. The van der Waals surface area contributed by atoms with Crippen molar-refractivity contribution >= 4 is 11.6 Å². The van der Waals surface area contributed by atoms with E-state index in [4.69, 9.17) is 4.74 Å². The number of anilines is 1. The smallest absolute Gasteiger partial charge is 0.259 e. The molecule has 0 aliphatic carbocycles. The van der Waals surface area contributed by atoms with Crippen LogP contribution in [0.4, 0.5) is 10.1 Å². The van der Waals surface area contributed by atoms with Crippen LogP contribution in [0.15, 0.2) is 42.5 Å². The third-order valence-electron chi connectivity index (χ3n) is 2.70. The van der Waals surface area contributed by atoms with Crippen LogP contribution in [-0.4, -0.2) is 18.1 Å². The number of phenolic OH excluding ortho intramolecular Hbond substituents is 1. The Morgan fingerprint density at radius 1 is 1.30 bits per heavy atom. The number of carbonyl (C=O) groups excluding carboxylic acids is 1. The fraction of sp³-hybridized carbons (Fsp3) is 0.133. The second kappa shape index (κ2) is 6.16. The molecule has 0 spiro atoms. The lowest BCUT2D eigenvalue weighted by Crippen LogP contribution is -2.12. The van der Waals surface area contributed by atoms with E-state index in [-0.39, 0.29) is 5.56 Å². The average Bonchev–Trinajstić information content (AvgIpc) is 2.39. The first-order valence-electron chi connectivity index (χ1n) is 5.98. The fourth-order valence-electron chi connectivity index (χ4n) is 1.80. The molecule has 2 aromatic rings. The standard InChI is InChI=1S/C15H14FNO3/c1-20-9-10-3-2-4-12(7-10)17-15(19)13-6-5-11(16)8-14(13)18/h2-8,18H,9H2,1H3,(H,17,19). The molecular weight excluding hydrogens is 261 g/mol. The molecule has 0 bridgehead atoms. The quantitative estimate of drug-likeness (QED) is 0.902. The number of nitrogens with one attached hydrogen (secondary N) is 1. The number of ether oxygens (including phenoxy) is 1. The molecule has 0 aliphatic rings. The Balaban J connectivity index is 2.17. The lowest BCUT2D eigenvalue weighted by Gasteiger charge is -2.08. The molecule has 0 aromatic heterocycles. The van der Waals surface area contributed by atoms with E-state index in [1.54, 1.807) is 25.3 Å². The summed E-state index contributed by atoms with van der Waals surface area (Å²) in [5.74, 6) is -1.49. The Hall–Kier alpha value is -2.40. The zero-order valence-electron chi connectivity index (χ0n) is 10.9. The number of benzene rings is 2. The Kier molecular flexibility index (Phi) is 4.32. The van der Waals surface area contributed by atoms with Gasteiger partial charge in [-0.25, -0.2) is 4.39 Å². The van der Waals surface area contributed by atoms with Gasteiger partial charge in [0.25, 0.3) is 5.91 Å². The SMILES string of the molecule is COCc1cccc(NC(=O)c2ccc(F)cc2O)c1. The van der Waals surface area contributed by atoms with Crippen LogP contribution in [0.2, 0.25) is 0 Å². The maximum absolute atomic E-state index is 12.9. The zero-order chi connectivity index (χ0) is 14.5. The number of hydrogen-bond acceptors (Lipinski definition) is 3. The minimum absolute atomic E-state index is 0.0172. The van der Waals surface area contributed by atoms with Crippen LogP contribution in [0.1, 0.15) is 15.9 Å². The van der Waals surface area contributed by atoms with E-state index in [1.165, 1.54) is 6.07 Å². The van der Waals surface area contributed by atoms with Crippen molar-refractivity contribution in [2.24, 2.45) is 0 Å². The molecule has 0 unspecified atom stereocenters. The molecule has 0 fully saturated rings. The van der Waals surface area contributed by atoms with Crippen LogP contribution in [0, 0.1) is 5.82 Å². The summed E-state index contributed by atoms with van der Waals surface area (Å²) in [7, 11) is 1.59. The number of aromatic hydroxyl groups is 1. The molecule has 0 heterocycles. The first kappa shape index (κ1) is 14.0. The molecule has 0 radical (unpaired) electrons. The van der Waals surface area contributed by atoms with Gasteiger partial charge in [-0.05, 0) is 29.8 Å². The number of rotatable bonds is 4. The number of amides is 1. The Morgan fingerprint density at radius 2 is 2.10 bits per heavy atom. The van der Waals surface area contributed by atoms with Crippen LogP contribution in [0.25, 0.3) is 0 Å². The van der Waals surface area contributed by atoms with Gasteiger partial charge in [0, 0.05) is 18.9 Å². The zero-order valence-corrected chi connectivity index (χ0v) is 10.9. The Bertz CT molecular complexity index is 628. The molecule has 2 rings (SSSR count). The van der Waals surface area contributed by atoms with Gasteiger partial charge in [0.2, 0.25) is 0 Å². The molecule has 20 heavy (non-hydrogen) atoms. The summed E-state index contributed by atoms with van der Waals surface area (Å²) in [5.41, 5.74) is 1.51. The van der Waals surface area contributed by atoms with Crippen LogP contribution in [0.5, 0.6) is 5.75 Å². The van der Waals surface area contributed by atoms with Crippen molar-refractivity contribution < 1.29 is 19.0 Å². The summed E-state index contributed by atoms with van der Waals surface area (Å²) in [6, 6.07) is 10.4. The summed E-state index contributed by atoms with van der Waals surface area (Å²) < 4.78 is 17.9. The molecule has 4 nitrogen and oxygen atoms in total. The van der Waals surface area contributed by atoms with Crippen LogP contribution >= 0.6 is 0 Å². The van der Waals surface area contributed by atoms with E-state index in [0.29, 0.717) is 12.3 Å². The molecule has 2 N–H and O–H groups in total. The highest BCUT2D eigenvalue weighted by Crippen LogP contribution is 2.20. The van der Waals surface area contributed by atoms with Gasteiger partial charge in [0.15, 0.2) is 0 Å². The summed E-state index contributed by atoms with van der Waals surface area (Å²) in [6.07, 6.45) is 0. The summed E-state index contributed by atoms with van der Waals surface area (Å²) in [6.45, 7) is 0.436. The van der Waals surface area contributed by atoms with Crippen LogP contribution < -0.4 is 5.32 Å². The largest absolute Gasteiger partial charge is 0.507 e. The summed E-state index contributed by atoms with van der Waals surface area (Å²) in [4.78, 5) is 12.0. The van der Waals surface area contributed by atoms with Crippen molar-refractivity contribution in [3.05, 3.63) is 59.4 Å². The van der Waals surface area contributed by atoms with Gasteiger partial charge in [-0.1, -0.05) is 12.1 Å². The highest BCUT2D eigenvalue weighted by molar-refractivity contribution is 6.06. The van der Waals surface area contributed by atoms with Gasteiger partial charge in [-0.3, -0.25) is 4.79 Å². The van der Waals surface area contributed by atoms with E-state index in [0.717, 1.165) is 17.7 Å². The Morgan fingerprint density at radius 3 is 2.80 bits per heavy atom. The van der Waals surface area contributed by atoms with Crippen molar-refractivity contribution in [1.29, 1.82) is 0 Å². The molecule has 2 aromatic carbocycles. The van der Waals surface area contributed by atoms with Crippen LogP contribution in [0.3, 0.4) is 0 Å². The van der Waals surface area contributed by atoms with Gasteiger partial charge in [-0.2, -0.15) is 0 Å². The van der Waals surface area contributed by atoms with Gasteiger partial charge < -0.3 is 15.2 Å². The minimum Gasteiger partial charge on any atom is -0.507 e. The van der Waals surface area contributed by atoms with Crippen molar-refractivity contribution in [2.75, 3.05) is 12.4 Å². The van der Waals surface area contributed by atoms with E-state index < -0.39 is 17.5 Å². The lowest BCUT2D eigenvalue weighted by molar-refractivity contribution is 0.102. The van der Waals surface area contributed by atoms with E-state index in [2.05, 4.69) is 5.32 Å². The minimum atomic E-state index is -0.596.